The van der Waals surface area contributed by atoms with Crippen LogP contribution >= 0.6 is 11.6 Å². The first-order valence-electron chi connectivity index (χ1n) is 8.15. The van der Waals surface area contributed by atoms with E-state index in [9.17, 15) is 4.79 Å². The van der Waals surface area contributed by atoms with Crippen molar-refractivity contribution in [1.82, 2.24) is 5.32 Å². The first kappa shape index (κ1) is 18.3. The first-order chi connectivity index (χ1) is 11.5. The molecule has 0 bridgehead atoms. The number of amides is 1. The van der Waals surface area contributed by atoms with Crippen molar-refractivity contribution in [3.8, 4) is 5.75 Å². The largest absolute Gasteiger partial charge is 0.497 e. The van der Waals surface area contributed by atoms with E-state index in [4.69, 9.17) is 16.3 Å². The van der Waals surface area contributed by atoms with Crippen molar-refractivity contribution in [1.29, 1.82) is 0 Å². The molecule has 0 saturated heterocycles. The van der Waals surface area contributed by atoms with Crippen LogP contribution in [0.1, 0.15) is 37.4 Å². The lowest BCUT2D eigenvalue weighted by molar-refractivity contribution is -0.121. The van der Waals surface area contributed by atoms with E-state index < -0.39 is 0 Å². The molecule has 0 saturated carbocycles. The highest BCUT2D eigenvalue weighted by Crippen LogP contribution is 2.23. The van der Waals surface area contributed by atoms with Gasteiger partial charge in [0.1, 0.15) is 5.75 Å². The summed E-state index contributed by atoms with van der Waals surface area (Å²) in [5.41, 5.74) is 2.05. The Kier molecular flexibility index (Phi) is 6.68. The highest BCUT2D eigenvalue weighted by atomic mass is 35.5. The fourth-order valence-electron chi connectivity index (χ4n) is 2.62. The van der Waals surface area contributed by atoms with Gasteiger partial charge in [-0.25, -0.2) is 0 Å². The lowest BCUT2D eigenvalue weighted by Gasteiger charge is -2.21. The number of halogens is 1. The SMILES string of the molecule is COc1ccc([C@@H](CC(C)C)NC(=O)Cc2ccc(Cl)cc2)cc1. The van der Waals surface area contributed by atoms with Gasteiger partial charge in [-0.3, -0.25) is 4.79 Å². The van der Waals surface area contributed by atoms with E-state index in [1.807, 2.05) is 36.4 Å². The lowest BCUT2D eigenvalue weighted by atomic mass is 9.96. The molecule has 3 nitrogen and oxygen atoms in total. The Labute approximate surface area is 149 Å². The number of ether oxygens (including phenoxy) is 1. The topological polar surface area (TPSA) is 38.3 Å². The molecule has 1 atom stereocenters. The van der Waals surface area contributed by atoms with Crippen molar-refractivity contribution in [3.05, 3.63) is 64.7 Å². The summed E-state index contributed by atoms with van der Waals surface area (Å²) in [5, 5.41) is 3.83. The average Bonchev–Trinajstić information content (AvgIpc) is 2.56. The number of nitrogens with one attached hydrogen (secondary N) is 1. The summed E-state index contributed by atoms with van der Waals surface area (Å²) in [6.07, 6.45) is 1.24. The van der Waals surface area contributed by atoms with Crippen molar-refractivity contribution < 1.29 is 9.53 Å². The Balaban J connectivity index is 2.06. The van der Waals surface area contributed by atoms with Gasteiger partial charge in [-0.05, 0) is 47.7 Å². The van der Waals surface area contributed by atoms with Crippen LogP contribution in [0.4, 0.5) is 0 Å². The Morgan fingerprint density at radius 3 is 2.25 bits per heavy atom. The van der Waals surface area contributed by atoms with Gasteiger partial charge in [-0.15, -0.1) is 0 Å². The summed E-state index contributed by atoms with van der Waals surface area (Å²) in [6.45, 7) is 4.31. The molecule has 24 heavy (non-hydrogen) atoms. The van der Waals surface area contributed by atoms with Gasteiger partial charge in [-0.1, -0.05) is 49.7 Å². The van der Waals surface area contributed by atoms with Gasteiger partial charge >= 0.3 is 0 Å². The van der Waals surface area contributed by atoms with Crippen LogP contribution in [0.25, 0.3) is 0 Å². The summed E-state index contributed by atoms with van der Waals surface area (Å²) >= 11 is 5.88. The molecular weight excluding hydrogens is 322 g/mol. The van der Waals surface area contributed by atoms with E-state index in [0.717, 1.165) is 23.3 Å². The first-order valence-corrected chi connectivity index (χ1v) is 8.53. The summed E-state index contributed by atoms with van der Waals surface area (Å²) < 4.78 is 5.20. The Morgan fingerprint density at radius 2 is 1.71 bits per heavy atom. The normalized spacial score (nSPS) is 12.0. The predicted molar refractivity (Wildman–Crippen MR) is 98.5 cm³/mol. The smallest absolute Gasteiger partial charge is 0.224 e. The van der Waals surface area contributed by atoms with Crippen LogP contribution in [0.3, 0.4) is 0 Å². The third kappa shape index (κ3) is 5.57. The van der Waals surface area contributed by atoms with Crippen LogP contribution in [-0.4, -0.2) is 13.0 Å². The molecule has 1 N–H and O–H groups in total. The van der Waals surface area contributed by atoms with Gasteiger partial charge in [0.15, 0.2) is 0 Å². The van der Waals surface area contributed by atoms with Crippen molar-refractivity contribution in [2.75, 3.05) is 7.11 Å². The third-order valence-electron chi connectivity index (χ3n) is 3.84. The molecule has 0 aliphatic rings. The van der Waals surface area contributed by atoms with Crippen LogP contribution in [-0.2, 0) is 11.2 Å². The maximum atomic E-state index is 12.4. The number of hydrogen-bond donors (Lipinski definition) is 1. The number of hydrogen-bond acceptors (Lipinski definition) is 2. The van der Waals surface area contributed by atoms with Gasteiger partial charge in [0.25, 0.3) is 0 Å². The summed E-state index contributed by atoms with van der Waals surface area (Å²) in [6, 6.07) is 15.2. The molecule has 0 unspecified atom stereocenters. The maximum Gasteiger partial charge on any atom is 0.224 e. The van der Waals surface area contributed by atoms with Crippen LogP contribution in [0.2, 0.25) is 5.02 Å². The zero-order chi connectivity index (χ0) is 17.5. The molecule has 2 rings (SSSR count). The quantitative estimate of drug-likeness (QED) is 0.783. The van der Waals surface area contributed by atoms with Crippen LogP contribution in [0.15, 0.2) is 48.5 Å². The molecule has 0 aliphatic carbocycles. The van der Waals surface area contributed by atoms with Crippen molar-refractivity contribution in [2.45, 2.75) is 32.7 Å². The van der Waals surface area contributed by atoms with E-state index >= 15 is 0 Å². The zero-order valence-electron chi connectivity index (χ0n) is 14.4. The molecule has 2 aromatic rings. The zero-order valence-corrected chi connectivity index (χ0v) is 15.1. The molecule has 0 spiro atoms. The summed E-state index contributed by atoms with van der Waals surface area (Å²) in [7, 11) is 1.65. The number of methoxy groups -OCH3 is 1. The second-order valence-corrected chi connectivity index (χ2v) is 6.76. The summed E-state index contributed by atoms with van der Waals surface area (Å²) in [5.74, 6) is 1.31. The molecule has 0 fully saturated rings. The Morgan fingerprint density at radius 1 is 1.08 bits per heavy atom. The minimum absolute atomic E-state index is 0.00398. The van der Waals surface area contributed by atoms with E-state index in [0.29, 0.717) is 17.4 Å². The molecule has 2 aromatic carbocycles. The van der Waals surface area contributed by atoms with E-state index in [1.54, 1.807) is 19.2 Å². The Hall–Kier alpha value is -2.00. The highest BCUT2D eigenvalue weighted by Gasteiger charge is 2.16. The third-order valence-corrected chi connectivity index (χ3v) is 4.09. The molecular formula is C20H24ClNO2. The fraction of sp³-hybridized carbons (Fsp3) is 0.350. The minimum atomic E-state index is -0.00398. The van der Waals surface area contributed by atoms with Gasteiger partial charge in [-0.2, -0.15) is 0 Å². The van der Waals surface area contributed by atoms with E-state index in [2.05, 4.69) is 19.2 Å². The molecule has 4 heteroatoms. The molecule has 0 radical (unpaired) electrons. The second kappa shape index (κ2) is 8.74. The van der Waals surface area contributed by atoms with E-state index in [1.165, 1.54) is 0 Å². The van der Waals surface area contributed by atoms with Crippen LogP contribution < -0.4 is 10.1 Å². The summed E-state index contributed by atoms with van der Waals surface area (Å²) in [4.78, 5) is 12.4. The lowest BCUT2D eigenvalue weighted by Crippen LogP contribution is -2.30. The molecule has 0 aromatic heterocycles. The molecule has 1 amide bonds. The number of carbonyl (C=O) groups excluding carboxylic acids is 1. The van der Waals surface area contributed by atoms with Gasteiger partial charge < -0.3 is 10.1 Å². The number of benzene rings is 2. The second-order valence-electron chi connectivity index (χ2n) is 6.33. The fourth-order valence-corrected chi connectivity index (χ4v) is 2.74. The van der Waals surface area contributed by atoms with E-state index in [-0.39, 0.29) is 11.9 Å². The van der Waals surface area contributed by atoms with Crippen molar-refractivity contribution in [3.63, 3.8) is 0 Å². The van der Waals surface area contributed by atoms with Crippen LogP contribution in [0.5, 0.6) is 5.75 Å². The van der Waals surface area contributed by atoms with Crippen molar-refractivity contribution in [2.24, 2.45) is 5.92 Å². The van der Waals surface area contributed by atoms with Gasteiger partial charge in [0, 0.05) is 5.02 Å². The predicted octanol–water partition coefficient (Wildman–Crippen LogP) is 4.79. The van der Waals surface area contributed by atoms with Crippen molar-refractivity contribution >= 4 is 17.5 Å². The molecule has 0 heterocycles. The molecule has 0 aliphatic heterocycles. The molecule has 128 valence electrons. The number of rotatable bonds is 7. The number of carbonyl (C=O) groups is 1. The minimum Gasteiger partial charge on any atom is -0.497 e. The maximum absolute atomic E-state index is 12.4. The van der Waals surface area contributed by atoms with Gasteiger partial charge in [0.05, 0.1) is 19.6 Å². The average molecular weight is 346 g/mol. The van der Waals surface area contributed by atoms with Crippen LogP contribution in [0, 0.1) is 5.92 Å². The Bertz CT molecular complexity index is 650. The van der Waals surface area contributed by atoms with Gasteiger partial charge in [0.2, 0.25) is 5.91 Å². The standard InChI is InChI=1S/C20H24ClNO2/c1-14(2)12-19(16-6-10-18(24-3)11-7-16)22-20(23)13-15-4-8-17(21)9-5-15/h4-11,14,19H,12-13H2,1-3H3,(H,22,23)/t19-/m1/s1. The monoisotopic (exact) mass is 345 g/mol. The highest BCUT2D eigenvalue weighted by molar-refractivity contribution is 6.30.